The highest BCUT2D eigenvalue weighted by Crippen LogP contribution is 2.38. The second kappa shape index (κ2) is 20.0. The van der Waals surface area contributed by atoms with Crippen molar-refractivity contribution in [3.63, 3.8) is 0 Å². The number of nitro groups is 1. The standard InChI is InChI=1S/C9H7ClN2O3.C9H9ClN2O.C9H8ClNO.C8H7ClN2O.BCl3/c1-15-7-3-2-5(10)9-8(7)6(4-11-9)12(13)14;1-13-7-3-2-5(10)9-8(7)6(11)4-12-9;1-12-8-3-2-7(10)9-6(8)4-5-11-9;9-4-1-2-6(12)7-5(10)3-11-8(4)7;2-1(3)4/h2-4,11H,1H3;2-4,12H,11H2,1H3;2-5,11H,1H3;1-3,11-12H,10H2;. The molecule has 56 heavy (non-hydrogen) atoms. The van der Waals surface area contributed by atoms with Crippen LogP contribution in [-0.4, -0.2) is 56.3 Å². The van der Waals surface area contributed by atoms with Gasteiger partial charge in [-0.05, 0) is 54.6 Å². The Kier molecular flexibility index (Phi) is 15.7. The highest BCUT2D eigenvalue weighted by atomic mass is 35.6. The first kappa shape index (κ1) is 44.1. The summed E-state index contributed by atoms with van der Waals surface area (Å²) in [4.78, 5) is 21.2. The van der Waals surface area contributed by atoms with Gasteiger partial charge < -0.3 is 50.7 Å². The summed E-state index contributed by atoms with van der Waals surface area (Å²) in [5, 5.41) is 25.3. The Morgan fingerprint density at radius 1 is 0.607 bits per heavy atom. The number of hydrogen-bond acceptors (Lipinski definition) is 8. The summed E-state index contributed by atoms with van der Waals surface area (Å²) in [7, 11) is 4.71. The summed E-state index contributed by atoms with van der Waals surface area (Å²) >= 11 is 38.1. The maximum absolute atomic E-state index is 10.7. The summed E-state index contributed by atoms with van der Waals surface area (Å²) in [6.45, 7) is 0. The number of nitrogen functional groups attached to an aromatic ring is 2. The number of halogens is 7. The Labute approximate surface area is 353 Å². The molecule has 0 fully saturated rings. The fourth-order valence-electron chi connectivity index (χ4n) is 5.35. The van der Waals surface area contributed by atoms with E-state index in [0.717, 1.165) is 38.3 Å². The van der Waals surface area contributed by atoms with Crippen LogP contribution in [-0.2, 0) is 0 Å². The number of phenolic OH excluding ortho intramolecular Hbond substituents is 1. The van der Waals surface area contributed by atoms with Gasteiger partial charge in [-0.3, -0.25) is 10.1 Å². The number of aromatic hydroxyl groups is 1. The predicted molar refractivity (Wildman–Crippen MR) is 233 cm³/mol. The number of hydrogen-bond donors (Lipinski definition) is 7. The van der Waals surface area contributed by atoms with Crippen LogP contribution in [0.4, 0.5) is 17.1 Å². The molecule has 8 aromatic rings. The average Bonchev–Trinajstić information content (AvgIpc) is 3.99. The Morgan fingerprint density at radius 2 is 1.02 bits per heavy atom. The monoisotopic (exact) mass is 901 g/mol. The van der Waals surface area contributed by atoms with Crippen molar-refractivity contribution in [2.75, 3.05) is 32.8 Å². The topological polar surface area (TPSA) is 206 Å². The van der Waals surface area contributed by atoms with Crippen LogP contribution in [0.5, 0.6) is 23.0 Å². The second-order valence-electron chi connectivity index (χ2n) is 11.0. The molecular weight excluding hydrogens is 873 g/mol. The van der Waals surface area contributed by atoms with Crippen LogP contribution >= 0.6 is 80.8 Å². The third-order valence-electron chi connectivity index (χ3n) is 7.78. The number of ether oxygens (including phenoxy) is 3. The molecule has 0 aliphatic rings. The van der Waals surface area contributed by atoms with Gasteiger partial charge in [-0.1, -0.05) is 46.4 Å². The number of aromatic nitrogens is 4. The van der Waals surface area contributed by atoms with Crippen molar-refractivity contribution in [1.82, 2.24) is 19.9 Å². The van der Waals surface area contributed by atoms with Crippen LogP contribution in [0.15, 0.2) is 79.4 Å². The van der Waals surface area contributed by atoms with Gasteiger partial charge in [-0.15, -0.1) is 0 Å². The number of phenols is 1. The number of rotatable bonds is 4. The van der Waals surface area contributed by atoms with E-state index in [2.05, 4.69) is 19.9 Å². The van der Waals surface area contributed by atoms with Crippen molar-refractivity contribution in [2.45, 2.75) is 0 Å². The zero-order valence-corrected chi connectivity index (χ0v) is 34.6. The van der Waals surface area contributed by atoms with Crippen molar-refractivity contribution < 1.29 is 24.2 Å². The van der Waals surface area contributed by atoms with Crippen molar-refractivity contribution in [3.8, 4) is 23.0 Å². The molecule has 0 unspecified atom stereocenters. The maximum atomic E-state index is 10.7. The zero-order chi connectivity index (χ0) is 41.3. The summed E-state index contributed by atoms with van der Waals surface area (Å²) in [5.41, 5.74) is 15.4. The average molecular weight is 905 g/mol. The van der Waals surface area contributed by atoms with E-state index < -0.39 is 9.88 Å². The SMILES string of the molecule is COc1ccc(Cl)c2[nH]cc(N)c12.COc1ccc(Cl)c2[nH]cc([N+](=O)[O-])c12.COc1ccc(Cl)c2[nH]ccc12.ClB(Cl)Cl.Nc1c[nH]c2c(Cl)ccc(O)c12. The molecule has 0 aliphatic carbocycles. The van der Waals surface area contributed by atoms with E-state index in [0.29, 0.717) is 54.0 Å². The van der Waals surface area contributed by atoms with E-state index in [1.165, 1.54) is 19.4 Å². The molecule has 0 aliphatic heterocycles. The summed E-state index contributed by atoms with van der Waals surface area (Å²) in [6, 6.07) is 15.6. The molecule has 0 atom stereocenters. The molecule has 8 rings (SSSR count). The molecule has 4 heterocycles. The number of H-pyrrole nitrogens is 4. The fourth-order valence-corrected chi connectivity index (χ4v) is 6.21. The van der Waals surface area contributed by atoms with E-state index in [-0.39, 0.29) is 11.4 Å². The van der Waals surface area contributed by atoms with Crippen LogP contribution in [0, 0.1) is 10.1 Å². The number of anilines is 2. The first-order valence-electron chi connectivity index (χ1n) is 15.7. The molecule has 9 N–H and O–H groups in total. The molecule has 21 heteroatoms. The van der Waals surface area contributed by atoms with Crippen LogP contribution in [0.25, 0.3) is 43.6 Å². The minimum atomic E-state index is -0.750. The van der Waals surface area contributed by atoms with Gasteiger partial charge in [0.15, 0.2) is 0 Å². The number of methoxy groups -OCH3 is 3. The molecule has 0 spiro atoms. The lowest BCUT2D eigenvalue weighted by Gasteiger charge is -2.03. The maximum Gasteiger partial charge on any atom is 0.450 e. The smallest absolute Gasteiger partial charge is 0.450 e. The minimum Gasteiger partial charge on any atom is -0.507 e. The molecule has 0 amide bonds. The Bertz CT molecular complexity index is 2590. The number of nitrogens with two attached hydrogens (primary N) is 2. The van der Waals surface area contributed by atoms with Crippen molar-refractivity contribution in [3.05, 3.63) is 110 Å². The normalized spacial score (nSPS) is 10.3. The summed E-state index contributed by atoms with van der Waals surface area (Å²) < 4.78 is 15.4. The van der Waals surface area contributed by atoms with E-state index in [9.17, 15) is 15.2 Å². The molecule has 0 radical (unpaired) electrons. The molecular formula is C35H31BCl7N7O6. The number of fused-ring (bicyclic) bond motifs is 4. The number of aromatic amines is 4. The molecule has 0 saturated carbocycles. The highest BCUT2D eigenvalue weighted by molar-refractivity contribution is 7.54. The van der Waals surface area contributed by atoms with E-state index in [1.54, 1.807) is 56.9 Å². The molecule has 294 valence electrons. The largest absolute Gasteiger partial charge is 0.507 e. The number of benzene rings is 4. The van der Waals surface area contributed by atoms with Crippen molar-refractivity contribution in [2.24, 2.45) is 0 Å². The van der Waals surface area contributed by atoms with Gasteiger partial charge in [0.2, 0.25) is 0 Å². The molecule has 13 nitrogen and oxygen atoms in total. The lowest BCUT2D eigenvalue weighted by Crippen LogP contribution is -1.89. The van der Waals surface area contributed by atoms with Crippen LogP contribution in [0.2, 0.25) is 20.1 Å². The quantitative estimate of drug-likeness (QED) is 0.0512. The van der Waals surface area contributed by atoms with E-state index in [1.807, 2.05) is 24.4 Å². The van der Waals surface area contributed by atoms with Crippen molar-refractivity contribution in [1.29, 1.82) is 0 Å². The summed E-state index contributed by atoms with van der Waals surface area (Å²) in [5.74, 6) is 2.16. The lowest BCUT2D eigenvalue weighted by molar-refractivity contribution is -0.383. The van der Waals surface area contributed by atoms with Gasteiger partial charge in [-0.2, -0.15) is 34.4 Å². The number of nitrogens with zero attached hydrogens (tertiary/aromatic N) is 1. The van der Waals surface area contributed by atoms with Crippen LogP contribution < -0.4 is 25.7 Å². The molecule has 4 aromatic carbocycles. The summed E-state index contributed by atoms with van der Waals surface area (Å²) in [6.07, 6.45) is 6.47. The molecule has 0 saturated heterocycles. The predicted octanol–water partition coefficient (Wildman–Crippen LogP) is 11.8. The van der Waals surface area contributed by atoms with Gasteiger partial charge in [0, 0.05) is 24.0 Å². The van der Waals surface area contributed by atoms with Gasteiger partial charge in [0.25, 0.3) is 5.69 Å². The van der Waals surface area contributed by atoms with Gasteiger partial charge in [0.1, 0.15) is 28.4 Å². The Morgan fingerprint density at radius 3 is 1.52 bits per heavy atom. The van der Waals surface area contributed by atoms with Gasteiger partial charge in [-0.25, -0.2) is 0 Å². The highest BCUT2D eigenvalue weighted by Gasteiger charge is 2.20. The third kappa shape index (κ3) is 10.2. The fraction of sp³-hybridized carbons (Fsp3) is 0.0857. The third-order valence-corrected chi connectivity index (χ3v) is 9.04. The first-order valence-corrected chi connectivity index (χ1v) is 18.5. The van der Waals surface area contributed by atoms with Gasteiger partial charge in [0.05, 0.1) is 96.8 Å². The Hall–Kier alpha value is -4.67. The van der Waals surface area contributed by atoms with Crippen LogP contribution in [0.3, 0.4) is 0 Å². The second-order valence-corrected chi connectivity index (χ2v) is 14.6. The zero-order valence-electron chi connectivity index (χ0n) is 29.3. The van der Waals surface area contributed by atoms with Crippen molar-refractivity contribution >= 4 is 146 Å². The molecule has 4 aromatic heterocycles. The lowest BCUT2D eigenvalue weighted by atomic mass is 10.2. The molecule has 0 bridgehead atoms. The minimum absolute atomic E-state index is 0.0376. The first-order chi connectivity index (χ1) is 26.6. The Balaban J connectivity index is 0.000000161. The number of nitrogens with one attached hydrogen (secondary N) is 4. The van der Waals surface area contributed by atoms with E-state index in [4.69, 9.17) is 106 Å². The van der Waals surface area contributed by atoms with Crippen LogP contribution in [0.1, 0.15) is 0 Å². The van der Waals surface area contributed by atoms with E-state index >= 15 is 0 Å². The van der Waals surface area contributed by atoms with Gasteiger partial charge >= 0.3 is 4.96 Å².